The number of carbonyl (C=O) groups excluding carboxylic acids is 4. The van der Waals surface area contributed by atoms with Gasteiger partial charge >= 0.3 is 17.9 Å². The minimum Gasteiger partial charge on any atom is -0.469 e. The van der Waals surface area contributed by atoms with Crippen molar-refractivity contribution in [3.63, 3.8) is 0 Å². The lowest BCUT2D eigenvalue weighted by Gasteiger charge is -2.02. The second-order valence-electron chi connectivity index (χ2n) is 3.12. The van der Waals surface area contributed by atoms with Crippen LogP contribution in [0.2, 0.25) is 0 Å². The van der Waals surface area contributed by atoms with Gasteiger partial charge in [-0.05, 0) is 6.92 Å². The van der Waals surface area contributed by atoms with E-state index in [-0.39, 0.29) is 69.8 Å². The Hall–Kier alpha value is -1.76. The minimum absolute atomic E-state index is 0. The van der Waals surface area contributed by atoms with Gasteiger partial charge in [0.1, 0.15) is 13.2 Å². The van der Waals surface area contributed by atoms with Crippen molar-refractivity contribution in [3.05, 3.63) is 0 Å². The van der Waals surface area contributed by atoms with E-state index in [0.29, 0.717) is 0 Å². The molecule has 0 aliphatic heterocycles. The highest BCUT2D eigenvalue weighted by molar-refractivity contribution is 5.87. The monoisotopic (exact) mass is 342 g/mol. The average molecular weight is 342 g/mol. The van der Waals surface area contributed by atoms with Crippen molar-refractivity contribution in [1.82, 2.24) is 0 Å². The number of hydrogen-bond acceptors (Lipinski definition) is 7. The van der Waals surface area contributed by atoms with E-state index in [1.54, 1.807) is 0 Å². The highest BCUT2D eigenvalue weighted by Crippen LogP contribution is 1.95. The first-order chi connectivity index (χ1) is 7.95. The lowest BCUT2D eigenvalue weighted by Crippen LogP contribution is -2.19. The number of hydrogen-bond donors (Lipinski definition) is 0. The Morgan fingerprint density at radius 1 is 0.696 bits per heavy atom. The van der Waals surface area contributed by atoms with E-state index in [9.17, 15) is 19.2 Å². The van der Waals surface area contributed by atoms with Crippen LogP contribution in [0.25, 0.3) is 0 Å². The first kappa shape index (κ1) is 42.9. The lowest BCUT2D eigenvalue weighted by atomic mass is 10.3. The summed E-state index contributed by atoms with van der Waals surface area (Å²) >= 11 is 0. The molecule has 0 saturated carbocycles. The van der Waals surface area contributed by atoms with E-state index < -0.39 is 24.5 Å². The van der Waals surface area contributed by atoms with Crippen molar-refractivity contribution < 1.29 is 33.4 Å². The van der Waals surface area contributed by atoms with Crippen LogP contribution in [-0.4, -0.2) is 44.0 Å². The minimum atomic E-state index is -0.902. The van der Waals surface area contributed by atoms with Crippen molar-refractivity contribution in [2.24, 2.45) is 0 Å². The summed E-state index contributed by atoms with van der Waals surface area (Å²) in [4.78, 5) is 43.1. The van der Waals surface area contributed by atoms with Gasteiger partial charge in [-0.15, -0.1) is 0 Å². The SMILES string of the molecule is C.C.C.C.C.C.COC(=O)CCC(=O)OC(=O)COCC(C)=O. The van der Waals surface area contributed by atoms with Crippen molar-refractivity contribution in [2.75, 3.05) is 20.3 Å². The number of esters is 3. The fourth-order valence-corrected chi connectivity index (χ4v) is 0.792. The molecule has 0 aromatic heterocycles. The molecule has 0 aliphatic rings. The smallest absolute Gasteiger partial charge is 0.339 e. The molecule has 0 fully saturated rings. The summed E-state index contributed by atoms with van der Waals surface area (Å²) in [6, 6.07) is 0. The number of methoxy groups -OCH3 is 1. The molecule has 0 rings (SSSR count). The van der Waals surface area contributed by atoms with E-state index in [0.717, 1.165) is 0 Å². The maximum atomic E-state index is 11.0. The largest absolute Gasteiger partial charge is 0.469 e. The van der Waals surface area contributed by atoms with Gasteiger partial charge in [0, 0.05) is 0 Å². The van der Waals surface area contributed by atoms with Crippen LogP contribution in [0.15, 0.2) is 0 Å². The number of ketones is 1. The van der Waals surface area contributed by atoms with Gasteiger partial charge in [-0.1, -0.05) is 44.6 Å². The number of Topliss-reactive ketones (excluding diaryl/α,β-unsaturated/α-hetero) is 1. The topological polar surface area (TPSA) is 96.0 Å². The molecule has 0 aliphatic carbocycles. The lowest BCUT2D eigenvalue weighted by molar-refractivity contribution is -0.164. The van der Waals surface area contributed by atoms with Gasteiger partial charge < -0.3 is 14.2 Å². The fourth-order valence-electron chi connectivity index (χ4n) is 0.792. The molecule has 7 heteroatoms. The second kappa shape index (κ2) is 25.2. The van der Waals surface area contributed by atoms with Crippen LogP contribution in [0.1, 0.15) is 64.3 Å². The highest BCUT2D eigenvalue weighted by atomic mass is 16.6. The van der Waals surface area contributed by atoms with Crippen LogP contribution in [0, 0.1) is 0 Å². The van der Waals surface area contributed by atoms with Gasteiger partial charge in [-0.3, -0.25) is 14.4 Å². The summed E-state index contributed by atoms with van der Waals surface area (Å²) in [5, 5.41) is 0. The molecular weight excluding hydrogens is 304 g/mol. The van der Waals surface area contributed by atoms with E-state index in [4.69, 9.17) is 0 Å². The highest BCUT2D eigenvalue weighted by Gasteiger charge is 2.13. The third-order valence-corrected chi connectivity index (χ3v) is 1.51. The van der Waals surface area contributed by atoms with Crippen LogP contribution < -0.4 is 0 Å². The predicted octanol–water partition coefficient (Wildman–Crippen LogP) is 3.43. The Balaban J connectivity index is -0.0000000853. The first-order valence-electron chi connectivity index (χ1n) is 4.83. The molecule has 144 valence electrons. The molecule has 0 bridgehead atoms. The average Bonchev–Trinajstić information content (AvgIpc) is 2.25. The van der Waals surface area contributed by atoms with Gasteiger partial charge in [-0.25, -0.2) is 4.79 Å². The van der Waals surface area contributed by atoms with Gasteiger partial charge in [0.25, 0.3) is 0 Å². The molecule has 0 amide bonds. The quantitative estimate of drug-likeness (QED) is 0.516. The summed E-state index contributed by atoms with van der Waals surface area (Å²) in [5.74, 6) is -2.55. The Bertz CT molecular complexity index is 312. The van der Waals surface area contributed by atoms with Crippen LogP contribution in [0.5, 0.6) is 0 Å². The summed E-state index contributed by atoms with van der Waals surface area (Å²) in [5.41, 5.74) is 0. The molecule has 0 N–H and O–H groups in total. The third kappa shape index (κ3) is 29.0. The molecule has 0 unspecified atom stereocenters. The Morgan fingerprint density at radius 3 is 1.52 bits per heavy atom. The van der Waals surface area contributed by atoms with Crippen LogP contribution in [0.4, 0.5) is 0 Å². The zero-order valence-electron chi connectivity index (χ0n) is 9.69. The summed E-state index contributed by atoms with van der Waals surface area (Å²) in [6.45, 7) is 0.599. The maximum absolute atomic E-state index is 11.0. The molecular formula is C16H38O7. The van der Waals surface area contributed by atoms with Crippen molar-refractivity contribution in [2.45, 2.75) is 64.3 Å². The first-order valence-corrected chi connectivity index (χ1v) is 4.83. The molecule has 23 heavy (non-hydrogen) atoms. The molecule has 0 heterocycles. The van der Waals surface area contributed by atoms with Gasteiger partial charge in [0.15, 0.2) is 5.78 Å². The number of carbonyl (C=O) groups is 4. The van der Waals surface area contributed by atoms with E-state index in [2.05, 4.69) is 14.2 Å². The molecule has 7 nitrogen and oxygen atoms in total. The molecule has 0 aromatic carbocycles. The standard InChI is InChI=1S/C10H14O7.6CH4/c1-7(11)5-16-6-10(14)17-9(13)4-3-8(12)15-2;;;;;;/h3-6H2,1-2H3;6*1H4. The Morgan fingerprint density at radius 2 is 1.13 bits per heavy atom. The van der Waals surface area contributed by atoms with Crippen molar-refractivity contribution in [3.8, 4) is 0 Å². The van der Waals surface area contributed by atoms with Crippen LogP contribution >= 0.6 is 0 Å². The van der Waals surface area contributed by atoms with Crippen molar-refractivity contribution >= 4 is 23.7 Å². The van der Waals surface area contributed by atoms with Crippen molar-refractivity contribution in [1.29, 1.82) is 0 Å². The normalized spacial score (nSPS) is 7.04. The molecule has 0 aromatic rings. The summed E-state index contributed by atoms with van der Waals surface area (Å²) in [7, 11) is 1.19. The zero-order valence-corrected chi connectivity index (χ0v) is 9.69. The second-order valence-corrected chi connectivity index (χ2v) is 3.12. The van der Waals surface area contributed by atoms with E-state index >= 15 is 0 Å². The molecule has 0 radical (unpaired) electrons. The Kier molecular flexibility index (Phi) is 47.0. The third-order valence-electron chi connectivity index (χ3n) is 1.51. The Labute approximate surface area is 142 Å². The van der Waals surface area contributed by atoms with Crippen LogP contribution in [0.3, 0.4) is 0 Å². The zero-order chi connectivity index (χ0) is 13.3. The summed E-state index contributed by atoms with van der Waals surface area (Å²) < 4.78 is 13.2. The number of ether oxygens (including phenoxy) is 3. The van der Waals surface area contributed by atoms with Gasteiger partial charge in [-0.2, -0.15) is 0 Å². The maximum Gasteiger partial charge on any atom is 0.339 e. The molecule has 0 saturated heterocycles. The number of rotatable bonds is 7. The molecule has 0 spiro atoms. The van der Waals surface area contributed by atoms with E-state index in [1.807, 2.05) is 0 Å². The summed E-state index contributed by atoms with van der Waals surface area (Å²) in [6.07, 6.45) is -0.401. The fraction of sp³-hybridized carbons (Fsp3) is 0.750. The van der Waals surface area contributed by atoms with E-state index in [1.165, 1.54) is 14.0 Å². The molecule has 0 atom stereocenters. The van der Waals surface area contributed by atoms with Gasteiger partial charge in [0.05, 0.1) is 20.0 Å². The van der Waals surface area contributed by atoms with Crippen LogP contribution in [-0.2, 0) is 33.4 Å². The van der Waals surface area contributed by atoms with Gasteiger partial charge in [0.2, 0.25) is 0 Å². The predicted molar refractivity (Wildman–Crippen MR) is 94.2 cm³/mol.